The van der Waals surface area contributed by atoms with Gasteiger partial charge in [-0.25, -0.2) is 0 Å². The summed E-state index contributed by atoms with van der Waals surface area (Å²) in [4.78, 5) is 22.8. The van der Waals surface area contributed by atoms with E-state index >= 15 is 0 Å². The molecule has 0 spiro atoms. The van der Waals surface area contributed by atoms with E-state index in [4.69, 9.17) is 14.2 Å². The quantitative estimate of drug-likeness (QED) is 0.359. The highest BCUT2D eigenvalue weighted by Gasteiger charge is 2.24. The van der Waals surface area contributed by atoms with Crippen molar-refractivity contribution < 1.29 is 23.9 Å². The van der Waals surface area contributed by atoms with E-state index in [1.165, 1.54) is 12.1 Å². The van der Waals surface area contributed by atoms with Crippen molar-refractivity contribution in [2.24, 2.45) is 0 Å². The Morgan fingerprint density at radius 1 is 1.16 bits per heavy atom. The Bertz CT molecular complexity index is 755. The van der Waals surface area contributed by atoms with Crippen LogP contribution >= 0.6 is 0 Å². The molecule has 2 aromatic rings. The van der Waals surface area contributed by atoms with Gasteiger partial charge in [-0.1, -0.05) is 30.3 Å². The molecule has 7 nitrogen and oxygen atoms in total. The summed E-state index contributed by atoms with van der Waals surface area (Å²) < 4.78 is 16.1. The van der Waals surface area contributed by atoms with E-state index in [9.17, 15) is 14.9 Å². The Morgan fingerprint density at radius 2 is 1.88 bits per heavy atom. The predicted octanol–water partition coefficient (Wildman–Crippen LogP) is 3.18. The van der Waals surface area contributed by atoms with Crippen molar-refractivity contribution in [2.75, 3.05) is 13.2 Å². The van der Waals surface area contributed by atoms with E-state index in [2.05, 4.69) is 0 Å². The van der Waals surface area contributed by atoms with E-state index < -0.39 is 17.2 Å². The van der Waals surface area contributed by atoms with Gasteiger partial charge in [-0.05, 0) is 24.1 Å². The number of carbonyl (C=O) groups is 1. The Kier molecular flexibility index (Phi) is 5.37. The van der Waals surface area contributed by atoms with Gasteiger partial charge in [0.1, 0.15) is 0 Å². The van der Waals surface area contributed by atoms with Crippen LogP contribution in [0, 0.1) is 10.1 Å². The van der Waals surface area contributed by atoms with Gasteiger partial charge in [0.05, 0.1) is 24.6 Å². The fourth-order valence-electron chi connectivity index (χ4n) is 2.51. The van der Waals surface area contributed by atoms with E-state index in [1.807, 2.05) is 18.2 Å². The number of rotatable bonds is 5. The average molecular weight is 343 g/mol. The summed E-state index contributed by atoms with van der Waals surface area (Å²) in [7, 11) is 0. The molecule has 1 heterocycles. The molecule has 0 saturated carbocycles. The maximum atomic E-state index is 12.0. The van der Waals surface area contributed by atoms with Crippen LogP contribution in [0.3, 0.4) is 0 Å². The zero-order valence-corrected chi connectivity index (χ0v) is 13.4. The highest BCUT2D eigenvalue weighted by Crippen LogP contribution is 2.33. The first kappa shape index (κ1) is 17.1. The van der Waals surface area contributed by atoms with Crippen LogP contribution in [0.2, 0.25) is 0 Å². The predicted molar refractivity (Wildman–Crippen MR) is 88.1 cm³/mol. The van der Waals surface area contributed by atoms with Crippen molar-refractivity contribution in [1.82, 2.24) is 0 Å². The minimum Gasteiger partial charge on any atom is -0.419 e. The lowest BCUT2D eigenvalue weighted by Gasteiger charge is -2.23. The van der Waals surface area contributed by atoms with Crippen LogP contribution in [0.1, 0.15) is 23.8 Å². The zero-order chi connectivity index (χ0) is 17.6. The third-order valence-electron chi connectivity index (χ3n) is 3.69. The summed E-state index contributed by atoms with van der Waals surface area (Å²) in [5, 5.41) is 11.3. The molecule has 0 unspecified atom stereocenters. The molecule has 1 aliphatic rings. The summed E-state index contributed by atoms with van der Waals surface area (Å²) >= 11 is 0. The molecule has 2 aromatic carbocycles. The van der Waals surface area contributed by atoms with Crippen molar-refractivity contribution in [2.45, 2.75) is 19.1 Å². The molecule has 7 heteroatoms. The first-order chi connectivity index (χ1) is 12.1. The molecule has 25 heavy (non-hydrogen) atoms. The molecule has 0 N–H and O–H groups in total. The van der Waals surface area contributed by atoms with Gasteiger partial charge >= 0.3 is 11.7 Å². The molecule has 1 saturated heterocycles. The number of nitro groups is 1. The molecule has 0 amide bonds. The normalized spacial score (nSPS) is 14.9. The minimum atomic E-state index is -0.637. The first-order valence-corrected chi connectivity index (χ1v) is 7.89. The number of carbonyl (C=O) groups excluding carboxylic acids is 1. The van der Waals surface area contributed by atoms with Gasteiger partial charge in [-0.3, -0.25) is 14.9 Å². The highest BCUT2D eigenvalue weighted by atomic mass is 16.7. The number of hydrogen-bond donors (Lipinski definition) is 0. The molecule has 130 valence electrons. The Morgan fingerprint density at radius 3 is 2.56 bits per heavy atom. The van der Waals surface area contributed by atoms with E-state index in [0.717, 1.165) is 12.0 Å². The van der Waals surface area contributed by atoms with Crippen LogP contribution in [-0.4, -0.2) is 24.1 Å². The molecule has 3 rings (SSSR count). The fourth-order valence-corrected chi connectivity index (χ4v) is 2.51. The summed E-state index contributed by atoms with van der Waals surface area (Å²) in [6, 6.07) is 13.4. The number of ether oxygens (including phenoxy) is 3. The second-order valence-electron chi connectivity index (χ2n) is 5.55. The molecule has 1 aliphatic heterocycles. The number of hydrogen-bond acceptors (Lipinski definition) is 6. The van der Waals surface area contributed by atoms with Crippen LogP contribution in [0.15, 0.2) is 48.5 Å². The SMILES string of the molecule is O=C(Cc1ccccc1)Oc1ccc(C2OCCCO2)cc1[N+](=O)[O-]. The van der Waals surface area contributed by atoms with Gasteiger partial charge in [0.2, 0.25) is 5.75 Å². The van der Waals surface area contributed by atoms with Crippen LogP contribution in [-0.2, 0) is 20.7 Å². The van der Waals surface area contributed by atoms with Gasteiger partial charge in [-0.2, -0.15) is 0 Å². The number of nitrogens with zero attached hydrogens (tertiary/aromatic N) is 1. The zero-order valence-electron chi connectivity index (χ0n) is 13.4. The van der Waals surface area contributed by atoms with Crippen molar-refractivity contribution in [3.05, 3.63) is 69.8 Å². The van der Waals surface area contributed by atoms with Crippen LogP contribution in [0.5, 0.6) is 5.75 Å². The maximum Gasteiger partial charge on any atom is 0.315 e. The molecule has 0 radical (unpaired) electrons. The summed E-state index contributed by atoms with van der Waals surface area (Å²) in [5.41, 5.74) is 1.00. The molecular weight excluding hydrogens is 326 g/mol. The fraction of sp³-hybridized carbons (Fsp3) is 0.278. The largest absolute Gasteiger partial charge is 0.419 e. The summed E-state index contributed by atoms with van der Waals surface area (Å²) in [6.07, 6.45) is 0.184. The number of nitro benzene ring substituents is 1. The van der Waals surface area contributed by atoms with Crippen molar-refractivity contribution in [3.63, 3.8) is 0 Å². The molecular formula is C18H17NO6. The molecule has 0 atom stereocenters. The smallest absolute Gasteiger partial charge is 0.315 e. The first-order valence-electron chi connectivity index (χ1n) is 7.89. The van der Waals surface area contributed by atoms with Crippen molar-refractivity contribution in [3.8, 4) is 5.75 Å². The van der Waals surface area contributed by atoms with Gasteiger partial charge in [0, 0.05) is 11.6 Å². The van der Waals surface area contributed by atoms with Crippen molar-refractivity contribution >= 4 is 11.7 Å². The Labute approximate surface area is 144 Å². The van der Waals surface area contributed by atoms with E-state index in [1.54, 1.807) is 18.2 Å². The number of benzene rings is 2. The Balaban J connectivity index is 1.76. The lowest BCUT2D eigenvalue weighted by Crippen LogP contribution is -2.18. The number of esters is 1. The lowest BCUT2D eigenvalue weighted by atomic mass is 10.1. The summed E-state index contributed by atoms with van der Waals surface area (Å²) in [5.74, 6) is -0.655. The molecule has 0 aliphatic carbocycles. The topological polar surface area (TPSA) is 87.9 Å². The Hall–Kier alpha value is -2.77. The third kappa shape index (κ3) is 4.40. The second kappa shape index (κ2) is 7.87. The molecule has 0 bridgehead atoms. The van der Waals surface area contributed by atoms with Gasteiger partial charge in [0.25, 0.3) is 0 Å². The third-order valence-corrected chi connectivity index (χ3v) is 3.69. The molecule has 1 fully saturated rings. The van der Waals surface area contributed by atoms with Gasteiger partial charge in [0.15, 0.2) is 6.29 Å². The molecule has 0 aromatic heterocycles. The standard InChI is InChI=1S/C18H17NO6/c20-17(11-13-5-2-1-3-6-13)25-16-8-7-14(12-15(16)19(21)22)18-23-9-4-10-24-18/h1-3,5-8,12,18H,4,9-11H2. The average Bonchev–Trinajstić information content (AvgIpc) is 2.63. The van der Waals surface area contributed by atoms with Crippen LogP contribution in [0.4, 0.5) is 5.69 Å². The monoisotopic (exact) mass is 343 g/mol. The van der Waals surface area contributed by atoms with Crippen molar-refractivity contribution in [1.29, 1.82) is 0 Å². The van der Waals surface area contributed by atoms with Crippen LogP contribution in [0.25, 0.3) is 0 Å². The van der Waals surface area contributed by atoms with E-state index in [-0.39, 0.29) is 17.9 Å². The lowest BCUT2D eigenvalue weighted by molar-refractivity contribution is -0.385. The maximum absolute atomic E-state index is 12.0. The highest BCUT2D eigenvalue weighted by molar-refractivity contribution is 5.76. The van der Waals surface area contributed by atoms with E-state index in [0.29, 0.717) is 18.8 Å². The summed E-state index contributed by atoms with van der Waals surface area (Å²) in [6.45, 7) is 1.07. The minimum absolute atomic E-state index is 0.0363. The van der Waals surface area contributed by atoms with Gasteiger partial charge < -0.3 is 14.2 Å². The second-order valence-corrected chi connectivity index (χ2v) is 5.55. The van der Waals surface area contributed by atoms with Gasteiger partial charge in [-0.15, -0.1) is 0 Å². The van der Waals surface area contributed by atoms with Crippen LogP contribution < -0.4 is 4.74 Å².